The van der Waals surface area contributed by atoms with Crippen molar-refractivity contribution in [3.05, 3.63) is 88.9 Å². The predicted molar refractivity (Wildman–Crippen MR) is 111 cm³/mol. The summed E-state index contributed by atoms with van der Waals surface area (Å²) in [6.45, 7) is 4.50. The van der Waals surface area contributed by atoms with Crippen molar-refractivity contribution < 1.29 is 14.3 Å². The second-order valence-electron chi connectivity index (χ2n) is 6.90. The van der Waals surface area contributed by atoms with Crippen molar-refractivity contribution in [3.63, 3.8) is 0 Å². The Morgan fingerprint density at radius 1 is 0.966 bits per heavy atom. The van der Waals surface area contributed by atoms with Gasteiger partial charge in [-0.15, -0.1) is 0 Å². The minimum absolute atomic E-state index is 0.250. The Hall–Kier alpha value is -3.80. The lowest BCUT2D eigenvalue weighted by Gasteiger charge is -2.11. The maximum atomic E-state index is 11.8. The molecule has 29 heavy (non-hydrogen) atoms. The maximum Gasteiger partial charge on any atom is 0.326 e. The van der Waals surface area contributed by atoms with Crippen LogP contribution in [0.1, 0.15) is 22.5 Å². The number of carbonyl (C=O) groups is 2. The van der Waals surface area contributed by atoms with Crippen molar-refractivity contribution in [3.8, 4) is 11.4 Å². The van der Waals surface area contributed by atoms with Crippen LogP contribution in [0.15, 0.2) is 66.4 Å². The molecule has 3 amide bonds. The number of ether oxygens (including phenoxy) is 1. The average Bonchev–Trinajstić information content (AvgIpc) is 3.18. The van der Waals surface area contributed by atoms with Gasteiger partial charge in [0.05, 0.1) is 0 Å². The van der Waals surface area contributed by atoms with Gasteiger partial charge in [-0.25, -0.2) is 4.79 Å². The van der Waals surface area contributed by atoms with Crippen LogP contribution in [0.2, 0.25) is 0 Å². The number of aryl methyl sites for hydroxylation is 1. The molecule has 1 fully saturated rings. The summed E-state index contributed by atoms with van der Waals surface area (Å²) in [6.07, 6.45) is 1.69. The van der Waals surface area contributed by atoms with Crippen LogP contribution in [-0.2, 0) is 11.4 Å². The molecule has 1 aromatic heterocycles. The number of amides is 3. The number of carbonyl (C=O) groups excluding carboxylic acids is 2. The summed E-state index contributed by atoms with van der Waals surface area (Å²) in [4.78, 5) is 23.1. The third-order valence-electron chi connectivity index (χ3n) is 4.83. The fourth-order valence-corrected chi connectivity index (χ4v) is 3.40. The largest absolute Gasteiger partial charge is 0.489 e. The number of rotatable bonds is 5. The number of benzene rings is 2. The van der Waals surface area contributed by atoms with E-state index < -0.39 is 11.9 Å². The Kier molecular flexibility index (Phi) is 4.91. The first-order chi connectivity index (χ1) is 14.0. The van der Waals surface area contributed by atoms with Crippen LogP contribution in [-0.4, -0.2) is 16.5 Å². The number of urea groups is 1. The standard InChI is InChI=1S/C23H21N3O3/c1-15-12-18(13-21-22(27)25-23(28)24-21)16(2)26(15)19-8-10-20(11-9-19)29-14-17-6-4-3-5-7-17/h3-13H,14H2,1-2H3,(H2,24,25,27,28)/b21-13+. The third-order valence-corrected chi connectivity index (χ3v) is 4.83. The highest BCUT2D eigenvalue weighted by molar-refractivity contribution is 6.14. The number of aromatic nitrogens is 1. The molecule has 1 aliphatic heterocycles. The Labute approximate surface area is 168 Å². The minimum atomic E-state index is -0.499. The van der Waals surface area contributed by atoms with Crippen molar-refractivity contribution in [1.82, 2.24) is 15.2 Å². The van der Waals surface area contributed by atoms with Gasteiger partial charge in [0.25, 0.3) is 5.91 Å². The van der Waals surface area contributed by atoms with Gasteiger partial charge in [0.2, 0.25) is 0 Å². The first-order valence-electron chi connectivity index (χ1n) is 9.31. The zero-order valence-electron chi connectivity index (χ0n) is 16.2. The van der Waals surface area contributed by atoms with Crippen LogP contribution in [0.5, 0.6) is 5.75 Å². The third kappa shape index (κ3) is 3.91. The van der Waals surface area contributed by atoms with Crippen molar-refractivity contribution in [2.75, 3.05) is 0 Å². The summed E-state index contributed by atoms with van der Waals surface area (Å²) < 4.78 is 7.96. The minimum Gasteiger partial charge on any atom is -0.489 e. The predicted octanol–water partition coefficient (Wildman–Crippen LogP) is 3.85. The number of imide groups is 1. The van der Waals surface area contributed by atoms with E-state index in [-0.39, 0.29) is 5.70 Å². The van der Waals surface area contributed by atoms with E-state index in [1.807, 2.05) is 74.5 Å². The molecule has 1 saturated heterocycles. The highest BCUT2D eigenvalue weighted by Gasteiger charge is 2.23. The van der Waals surface area contributed by atoms with Crippen molar-refractivity contribution in [1.29, 1.82) is 0 Å². The van der Waals surface area contributed by atoms with Gasteiger partial charge >= 0.3 is 6.03 Å². The maximum absolute atomic E-state index is 11.8. The van der Waals surface area contributed by atoms with Crippen LogP contribution in [0, 0.1) is 13.8 Å². The molecule has 6 heteroatoms. The molecule has 0 radical (unpaired) electrons. The van der Waals surface area contributed by atoms with Crippen LogP contribution < -0.4 is 15.4 Å². The fraction of sp³-hybridized carbons (Fsp3) is 0.130. The number of nitrogens with one attached hydrogen (secondary N) is 2. The Morgan fingerprint density at radius 3 is 2.34 bits per heavy atom. The lowest BCUT2D eigenvalue weighted by molar-refractivity contribution is -0.115. The zero-order chi connectivity index (χ0) is 20.4. The summed E-state index contributed by atoms with van der Waals surface area (Å²) in [5.74, 6) is 0.382. The molecule has 6 nitrogen and oxygen atoms in total. The lowest BCUT2D eigenvalue weighted by atomic mass is 10.2. The van der Waals surface area contributed by atoms with E-state index in [9.17, 15) is 9.59 Å². The first kappa shape index (κ1) is 18.6. The molecular formula is C23H21N3O3. The van der Waals surface area contributed by atoms with E-state index in [0.29, 0.717) is 6.61 Å². The van der Waals surface area contributed by atoms with Gasteiger partial charge in [-0.05, 0) is 61.4 Å². The van der Waals surface area contributed by atoms with Crippen molar-refractivity contribution in [2.24, 2.45) is 0 Å². The van der Waals surface area contributed by atoms with E-state index in [1.54, 1.807) is 6.08 Å². The molecule has 0 aliphatic carbocycles. The molecule has 0 bridgehead atoms. The van der Waals surface area contributed by atoms with Crippen molar-refractivity contribution >= 4 is 18.0 Å². The molecular weight excluding hydrogens is 366 g/mol. The molecule has 2 heterocycles. The van der Waals surface area contributed by atoms with Gasteiger partial charge < -0.3 is 14.6 Å². The highest BCUT2D eigenvalue weighted by Crippen LogP contribution is 2.25. The van der Waals surface area contributed by atoms with E-state index >= 15 is 0 Å². The normalized spacial score (nSPS) is 14.8. The number of nitrogens with zero attached hydrogens (tertiary/aromatic N) is 1. The number of hydrogen-bond acceptors (Lipinski definition) is 3. The van der Waals surface area contributed by atoms with Gasteiger partial charge in [0.15, 0.2) is 0 Å². The highest BCUT2D eigenvalue weighted by atomic mass is 16.5. The Bertz CT molecular complexity index is 1100. The van der Waals surface area contributed by atoms with Gasteiger partial charge in [-0.2, -0.15) is 0 Å². The molecule has 4 rings (SSSR count). The van der Waals surface area contributed by atoms with E-state index in [4.69, 9.17) is 4.74 Å². The summed E-state index contributed by atoms with van der Waals surface area (Å²) >= 11 is 0. The SMILES string of the molecule is Cc1cc(/C=C2/NC(=O)NC2=O)c(C)n1-c1ccc(OCc2ccccc2)cc1. The van der Waals surface area contributed by atoms with Gasteiger partial charge in [0.1, 0.15) is 18.1 Å². The monoisotopic (exact) mass is 387 g/mol. The smallest absolute Gasteiger partial charge is 0.326 e. The Morgan fingerprint density at radius 2 is 1.69 bits per heavy atom. The molecule has 0 unspecified atom stereocenters. The lowest BCUT2D eigenvalue weighted by Crippen LogP contribution is -2.22. The van der Waals surface area contributed by atoms with Crippen LogP contribution >= 0.6 is 0 Å². The quantitative estimate of drug-likeness (QED) is 0.516. The van der Waals surface area contributed by atoms with Crippen molar-refractivity contribution in [2.45, 2.75) is 20.5 Å². The van der Waals surface area contributed by atoms with Crippen LogP contribution in [0.3, 0.4) is 0 Å². The molecule has 0 spiro atoms. The van der Waals surface area contributed by atoms with E-state index in [2.05, 4.69) is 15.2 Å². The number of hydrogen-bond donors (Lipinski definition) is 2. The molecule has 146 valence electrons. The summed E-state index contributed by atoms with van der Waals surface area (Å²) in [6, 6.07) is 19.4. The molecule has 2 N–H and O–H groups in total. The summed E-state index contributed by atoms with van der Waals surface area (Å²) in [5.41, 5.74) is 5.24. The molecule has 1 aliphatic rings. The van der Waals surface area contributed by atoms with Gasteiger partial charge in [-0.1, -0.05) is 30.3 Å². The zero-order valence-corrected chi connectivity index (χ0v) is 16.2. The summed E-state index contributed by atoms with van der Waals surface area (Å²) in [5, 5.41) is 4.73. The van der Waals surface area contributed by atoms with Crippen LogP contribution in [0.25, 0.3) is 11.8 Å². The first-order valence-corrected chi connectivity index (χ1v) is 9.31. The molecule has 0 atom stereocenters. The molecule has 2 aromatic carbocycles. The van der Waals surface area contributed by atoms with Crippen LogP contribution in [0.4, 0.5) is 4.79 Å². The van der Waals surface area contributed by atoms with Gasteiger partial charge in [0, 0.05) is 17.1 Å². The molecule has 0 saturated carbocycles. The second-order valence-corrected chi connectivity index (χ2v) is 6.90. The average molecular weight is 387 g/mol. The Balaban J connectivity index is 1.54. The van der Waals surface area contributed by atoms with E-state index in [1.165, 1.54) is 0 Å². The topological polar surface area (TPSA) is 72.4 Å². The summed E-state index contributed by atoms with van der Waals surface area (Å²) in [7, 11) is 0. The van der Waals surface area contributed by atoms with E-state index in [0.717, 1.165) is 34.0 Å². The second kappa shape index (κ2) is 7.67. The fourth-order valence-electron chi connectivity index (χ4n) is 3.40. The van der Waals surface area contributed by atoms with Gasteiger partial charge in [-0.3, -0.25) is 10.1 Å². The molecule has 3 aromatic rings.